The molecule has 4 nitrogen and oxygen atoms in total. The van der Waals surface area contributed by atoms with E-state index >= 15 is 0 Å². The predicted molar refractivity (Wildman–Crippen MR) is 88.5 cm³/mol. The summed E-state index contributed by atoms with van der Waals surface area (Å²) < 4.78 is 5.60. The third-order valence-corrected chi connectivity index (χ3v) is 6.24. The largest absolute Gasteiger partial charge is 0.490 e. The highest BCUT2D eigenvalue weighted by Crippen LogP contribution is 2.39. The Balaban J connectivity index is 1.59. The van der Waals surface area contributed by atoms with Crippen molar-refractivity contribution in [3.05, 3.63) is 42.5 Å². The van der Waals surface area contributed by atoms with Gasteiger partial charge >= 0.3 is 0 Å². The molecule has 0 amide bonds. The van der Waals surface area contributed by atoms with E-state index in [4.69, 9.17) is 4.74 Å². The molecular formula is C19H28N2O2+2. The van der Waals surface area contributed by atoms with Gasteiger partial charge in [0.1, 0.15) is 12.4 Å². The molecule has 5 rings (SSSR count). The second kappa shape index (κ2) is 5.07. The SMILES string of the molecule is C=CCOc1ccc(C2[NH+]3CC4(C)C[NH+]2CC(C)(C3)C4O)cc1. The van der Waals surface area contributed by atoms with E-state index < -0.39 is 0 Å². The Hall–Kier alpha value is -1.36. The Kier molecular flexibility index (Phi) is 3.34. The van der Waals surface area contributed by atoms with E-state index in [1.807, 2.05) is 0 Å². The monoisotopic (exact) mass is 316 g/mol. The van der Waals surface area contributed by atoms with Crippen LogP contribution in [0.2, 0.25) is 0 Å². The highest BCUT2D eigenvalue weighted by atomic mass is 16.5. The van der Waals surface area contributed by atoms with Crippen LogP contribution in [0.1, 0.15) is 25.6 Å². The summed E-state index contributed by atoms with van der Waals surface area (Å²) in [7, 11) is 0. The minimum atomic E-state index is -0.155. The van der Waals surface area contributed by atoms with Gasteiger partial charge in [-0.3, -0.25) is 9.80 Å². The van der Waals surface area contributed by atoms with Gasteiger partial charge in [0.15, 0.2) is 0 Å². The minimum absolute atomic E-state index is 0.0689. The molecule has 4 aliphatic rings. The summed E-state index contributed by atoms with van der Waals surface area (Å²) in [4.78, 5) is 3.26. The molecule has 0 spiro atoms. The molecule has 23 heavy (non-hydrogen) atoms. The lowest BCUT2D eigenvalue weighted by atomic mass is 9.60. The second-order valence-corrected chi connectivity index (χ2v) is 8.34. The number of nitrogens with one attached hydrogen (secondary N) is 2. The molecule has 4 heterocycles. The average molecular weight is 316 g/mol. The van der Waals surface area contributed by atoms with Crippen molar-refractivity contribution in [2.24, 2.45) is 10.8 Å². The Morgan fingerprint density at radius 2 is 1.65 bits per heavy atom. The van der Waals surface area contributed by atoms with Crippen LogP contribution in [0.5, 0.6) is 5.75 Å². The van der Waals surface area contributed by atoms with Crippen LogP contribution in [0.15, 0.2) is 36.9 Å². The first-order valence-electron chi connectivity index (χ1n) is 8.66. The average Bonchev–Trinajstić information content (AvgIpc) is 2.50. The summed E-state index contributed by atoms with van der Waals surface area (Å²) in [5.41, 5.74) is 1.53. The zero-order valence-electron chi connectivity index (χ0n) is 14.1. The summed E-state index contributed by atoms with van der Waals surface area (Å²) >= 11 is 0. The smallest absolute Gasteiger partial charge is 0.240 e. The molecule has 124 valence electrons. The molecule has 4 heteroatoms. The second-order valence-electron chi connectivity index (χ2n) is 8.34. The molecule has 0 atom stereocenters. The quantitative estimate of drug-likeness (QED) is 0.651. The number of hydrogen-bond acceptors (Lipinski definition) is 2. The van der Waals surface area contributed by atoms with E-state index in [1.54, 1.807) is 15.9 Å². The number of benzene rings is 1. The number of piperidine rings is 2. The molecule has 0 unspecified atom stereocenters. The zero-order chi connectivity index (χ0) is 16.2. The van der Waals surface area contributed by atoms with Crippen LogP contribution in [-0.4, -0.2) is 44.0 Å². The van der Waals surface area contributed by atoms with Gasteiger partial charge in [-0.05, 0) is 38.1 Å². The standard InChI is InChI=1S/C19H26N2O2/c1-4-9-23-15-7-5-14(6-8-15)16-20-10-18(2)11-21(16)13-19(3,12-20)17(18)22/h4-8,16-17,22H,1,9-13H2,2-3H3/p+2. The maximum absolute atomic E-state index is 10.8. The summed E-state index contributed by atoms with van der Waals surface area (Å²) in [5, 5.41) is 10.8. The van der Waals surface area contributed by atoms with E-state index in [0.717, 1.165) is 31.9 Å². The van der Waals surface area contributed by atoms with Gasteiger partial charge in [0, 0.05) is 0 Å². The molecule has 4 saturated heterocycles. The summed E-state index contributed by atoms with van der Waals surface area (Å²) in [6, 6.07) is 8.57. The zero-order valence-corrected chi connectivity index (χ0v) is 14.1. The lowest BCUT2D eigenvalue weighted by molar-refractivity contribution is -1.19. The molecule has 4 aliphatic heterocycles. The summed E-state index contributed by atoms with van der Waals surface area (Å²) in [5.74, 6) is 0.904. The Morgan fingerprint density at radius 1 is 1.13 bits per heavy atom. The van der Waals surface area contributed by atoms with Gasteiger partial charge in [-0.25, -0.2) is 0 Å². The van der Waals surface area contributed by atoms with Crippen molar-refractivity contribution in [3.63, 3.8) is 0 Å². The topological polar surface area (TPSA) is 38.3 Å². The van der Waals surface area contributed by atoms with Crippen molar-refractivity contribution in [3.8, 4) is 5.75 Å². The molecule has 0 aromatic heterocycles. The van der Waals surface area contributed by atoms with Crippen LogP contribution >= 0.6 is 0 Å². The van der Waals surface area contributed by atoms with Crippen molar-refractivity contribution in [2.75, 3.05) is 32.8 Å². The fourth-order valence-corrected chi connectivity index (χ4v) is 5.63. The number of aliphatic hydroxyl groups excluding tert-OH is 1. The summed E-state index contributed by atoms with van der Waals surface area (Å²) in [6.07, 6.45) is 2.11. The number of aliphatic hydroxyl groups is 1. The summed E-state index contributed by atoms with van der Waals surface area (Å²) in [6.45, 7) is 13.1. The van der Waals surface area contributed by atoms with Crippen LogP contribution in [0.25, 0.3) is 0 Å². The fraction of sp³-hybridized carbons (Fsp3) is 0.579. The molecule has 1 aromatic rings. The Morgan fingerprint density at radius 3 is 2.13 bits per heavy atom. The van der Waals surface area contributed by atoms with Crippen LogP contribution in [-0.2, 0) is 0 Å². The van der Waals surface area contributed by atoms with Crippen molar-refractivity contribution in [1.82, 2.24) is 0 Å². The molecular weight excluding hydrogens is 288 g/mol. The normalized spacial score (nSPS) is 44.3. The predicted octanol–water partition coefficient (Wildman–Crippen LogP) is -0.566. The molecule has 4 bridgehead atoms. The van der Waals surface area contributed by atoms with Crippen LogP contribution < -0.4 is 14.5 Å². The number of rotatable bonds is 4. The minimum Gasteiger partial charge on any atom is -0.490 e. The lowest BCUT2D eigenvalue weighted by Gasteiger charge is -2.62. The molecule has 4 fully saturated rings. The van der Waals surface area contributed by atoms with E-state index in [0.29, 0.717) is 12.8 Å². The van der Waals surface area contributed by atoms with E-state index in [-0.39, 0.29) is 16.9 Å². The van der Waals surface area contributed by atoms with Crippen molar-refractivity contribution in [1.29, 1.82) is 0 Å². The first-order chi connectivity index (χ1) is 11.0. The van der Waals surface area contributed by atoms with Gasteiger partial charge in [0.05, 0.1) is 48.7 Å². The van der Waals surface area contributed by atoms with Crippen molar-refractivity contribution < 1.29 is 19.6 Å². The van der Waals surface area contributed by atoms with E-state index in [2.05, 4.69) is 44.7 Å². The number of hydrogen-bond donors (Lipinski definition) is 3. The first kappa shape index (κ1) is 15.2. The van der Waals surface area contributed by atoms with Crippen LogP contribution in [0, 0.1) is 10.8 Å². The highest BCUT2D eigenvalue weighted by Gasteiger charge is 2.67. The van der Waals surface area contributed by atoms with Crippen molar-refractivity contribution in [2.45, 2.75) is 26.1 Å². The third kappa shape index (κ3) is 2.24. The first-order valence-corrected chi connectivity index (χ1v) is 8.66. The lowest BCUT2D eigenvalue weighted by Crippen LogP contribution is -3.41. The van der Waals surface area contributed by atoms with Gasteiger partial charge < -0.3 is 9.84 Å². The van der Waals surface area contributed by atoms with Gasteiger partial charge in [0.2, 0.25) is 6.17 Å². The Bertz CT molecular complexity index is 574. The van der Waals surface area contributed by atoms with E-state index in [1.165, 1.54) is 5.56 Å². The molecule has 0 radical (unpaired) electrons. The molecule has 0 saturated carbocycles. The fourth-order valence-electron chi connectivity index (χ4n) is 5.63. The molecule has 1 aromatic carbocycles. The maximum atomic E-state index is 10.8. The maximum Gasteiger partial charge on any atom is 0.240 e. The van der Waals surface area contributed by atoms with Gasteiger partial charge in [-0.2, -0.15) is 0 Å². The van der Waals surface area contributed by atoms with Gasteiger partial charge in [0.25, 0.3) is 0 Å². The molecule has 0 aliphatic carbocycles. The van der Waals surface area contributed by atoms with Crippen LogP contribution in [0.3, 0.4) is 0 Å². The van der Waals surface area contributed by atoms with Gasteiger partial charge in [-0.1, -0.05) is 12.7 Å². The Labute approximate surface area is 138 Å². The number of ether oxygens (including phenoxy) is 1. The number of quaternary nitrogens is 2. The van der Waals surface area contributed by atoms with Gasteiger partial charge in [-0.15, -0.1) is 0 Å². The third-order valence-electron chi connectivity index (χ3n) is 6.24. The highest BCUT2D eigenvalue weighted by molar-refractivity contribution is 5.28. The van der Waals surface area contributed by atoms with Crippen LogP contribution in [0.4, 0.5) is 0 Å². The van der Waals surface area contributed by atoms with E-state index in [9.17, 15) is 5.11 Å². The van der Waals surface area contributed by atoms with Crippen molar-refractivity contribution >= 4 is 0 Å². The molecule has 3 N–H and O–H groups in total.